The number of carbonyl (C=O) groups is 1. The van der Waals surface area contributed by atoms with E-state index in [1.54, 1.807) is 6.07 Å². The normalized spacial score (nSPS) is 18.7. The van der Waals surface area contributed by atoms with Crippen LogP contribution in [0.3, 0.4) is 0 Å². The number of benzene rings is 1. The van der Waals surface area contributed by atoms with E-state index in [4.69, 9.17) is 11.6 Å². The summed E-state index contributed by atoms with van der Waals surface area (Å²) in [5.41, 5.74) is 0.908. The highest BCUT2D eigenvalue weighted by Gasteiger charge is 2.47. The van der Waals surface area contributed by atoms with Gasteiger partial charge in [-0.2, -0.15) is 5.10 Å². The number of aryl methyl sites for hydroxylation is 1. The summed E-state index contributed by atoms with van der Waals surface area (Å²) in [4.78, 5) is 12.7. The lowest BCUT2D eigenvalue weighted by atomic mass is 9.86. The molecule has 8 heteroatoms. The number of fused-ring (bicyclic) bond motifs is 1. The van der Waals surface area contributed by atoms with Crippen molar-refractivity contribution >= 4 is 23.2 Å². The van der Waals surface area contributed by atoms with Gasteiger partial charge in [0.1, 0.15) is 0 Å². The molecule has 1 heterocycles. The van der Waals surface area contributed by atoms with E-state index in [2.05, 4.69) is 10.2 Å². The minimum atomic E-state index is -4.90. The fourth-order valence-electron chi connectivity index (χ4n) is 3.95. The highest BCUT2D eigenvalue weighted by Crippen LogP contribution is 2.50. The highest BCUT2D eigenvalue weighted by atomic mass is 35.5. The van der Waals surface area contributed by atoms with Crippen molar-refractivity contribution in [3.8, 4) is 0 Å². The van der Waals surface area contributed by atoms with E-state index >= 15 is 0 Å². The van der Waals surface area contributed by atoms with Crippen LogP contribution in [0.5, 0.6) is 0 Å². The Labute approximate surface area is 154 Å². The first-order valence-corrected chi connectivity index (χ1v) is 8.58. The molecule has 0 spiro atoms. The predicted molar refractivity (Wildman–Crippen MR) is 93.7 cm³/mol. The average Bonchev–Trinajstić information content (AvgIpc) is 2.95. The molecular weight excluding hydrogens is 367 g/mol. The molecule has 1 aliphatic rings. The van der Waals surface area contributed by atoms with Gasteiger partial charge in [0.2, 0.25) is 0 Å². The summed E-state index contributed by atoms with van der Waals surface area (Å²) >= 11 is 5.86. The maximum Gasteiger partial charge on any atom is 0.491 e. The minimum absolute atomic E-state index is 0.102. The molecule has 4 nitrogen and oxygen atoms in total. The molecule has 1 amide bonds. The van der Waals surface area contributed by atoms with Crippen LogP contribution in [-0.2, 0) is 5.41 Å². The van der Waals surface area contributed by atoms with Crippen LogP contribution in [0, 0.1) is 6.92 Å². The summed E-state index contributed by atoms with van der Waals surface area (Å²) in [6.07, 6.45) is -4.18. The summed E-state index contributed by atoms with van der Waals surface area (Å²) in [6.45, 7) is 7.33. The molecule has 26 heavy (non-hydrogen) atoms. The largest absolute Gasteiger partial charge is 0.491 e. The molecule has 1 aromatic carbocycles. The summed E-state index contributed by atoms with van der Waals surface area (Å²) in [7, 11) is 0. The van der Waals surface area contributed by atoms with Crippen LogP contribution < -0.4 is 4.90 Å². The summed E-state index contributed by atoms with van der Waals surface area (Å²) in [5, 5.41) is 5.81. The Kier molecular flexibility index (Phi) is 4.34. The summed E-state index contributed by atoms with van der Waals surface area (Å²) in [6, 6.07) is 4.73. The number of hydrogen-bond donors (Lipinski definition) is 1. The smallest absolute Gasteiger partial charge is 0.281 e. The SMILES string of the molecule is Cc1[nH]nc(Cl)c1C(=O)N(c1cccc2c1[C@@H](C)CC2(C)C)C(F)(F)F. The molecule has 0 fully saturated rings. The third kappa shape index (κ3) is 2.88. The van der Waals surface area contributed by atoms with E-state index in [0.29, 0.717) is 12.0 Å². The van der Waals surface area contributed by atoms with Gasteiger partial charge in [0.05, 0.1) is 11.3 Å². The van der Waals surface area contributed by atoms with Crippen molar-refractivity contribution < 1.29 is 18.0 Å². The first-order chi connectivity index (χ1) is 11.9. The van der Waals surface area contributed by atoms with Gasteiger partial charge < -0.3 is 0 Å². The fourth-order valence-corrected chi connectivity index (χ4v) is 4.22. The van der Waals surface area contributed by atoms with Crippen LogP contribution in [0.2, 0.25) is 5.15 Å². The molecule has 1 atom stereocenters. The molecular formula is C18H19ClF3N3O. The van der Waals surface area contributed by atoms with Gasteiger partial charge in [-0.05, 0) is 41.9 Å². The second-order valence-corrected chi connectivity index (χ2v) is 7.71. The van der Waals surface area contributed by atoms with Crippen molar-refractivity contribution in [1.29, 1.82) is 0 Å². The van der Waals surface area contributed by atoms with Crippen molar-refractivity contribution in [3.05, 3.63) is 45.7 Å². The van der Waals surface area contributed by atoms with E-state index in [-0.39, 0.29) is 38.3 Å². The number of hydrogen-bond acceptors (Lipinski definition) is 2. The third-order valence-electron chi connectivity index (χ3n) is 4.94. The van der Waals surface area contributed by atoms with Gasteiger partial charge in [0, 0.05) is 5.69 Å². The number of anilines is 1. The molecule has 140 valence electrons. The van der Waals surface area contributed by atoms with Gasteiger partial charge in [-0.3, -0.25) is 9.89 Å². The molecule has 0 saturated carbocycles. The number of carbonyl (C=O) groups excluding carboxylic acids is 1. The number of nitrogens with one attached hydrogen (secondary N) is 1. The van der Waals surface area contributed by atoms with E-state index in [0.717, 1.165) is 5.56 Å². The zero-order chi connectivity index (χ0) is 19.4. The van der Waals surface area contributed by atoms with Crippen molar-refractivity contribution in [2.45, 2.75) is 51.7 Å². The zero-order valence-electron chi connectivity index (χ0n) is 14.8. The lowest BCUT2D eigenvalue weighted by molar-refractivity contribution is -0.122. The molecule has 1 N–H and O–H groups in total. The van der Waals surface area contributed by atoms with Crippen LogP contribution in [0.1, 0.15) is 60.3 Å². The second-order valence-electron chi connectivity index (χ2n) is 7.35. The molecule has 1 aliphatic carbocycles. The molecule has 0 radical (unpaired) electrons. The molecule has 1 aromatic heterocycles. The molecule has 3 rings (SSSR count). The number of alkyl halides is 3. The molecule has 0 saturated heterocycles. The van der Waals surface area contributed by atoms with Crippen molar-refractivity contribution in [2.75, 3.05) is 4.90 Å². The molecule has 0 bridgehead atoms. The fraction of sp³-hybridized carbons (Fsp3) is 0.444. The van der Waals surface area contributed by atoms with Crippen LogP contribution in [-0.4, -0.2) is 22.4 Å². The summed E-state index contributed by atoms with van der Waals surface area (Å²) < 4.78 is 41.8. The van der Waals surface area contributed by atoms with Gasteiger partial charge in [0.15, 0.2) is 5.15 Å². The van der Waals surface area contributed by atoms with Crippen molar-refractivity contribution in [1.82, 2.24) is 10.2 Å². The Bertz CT molecular complexity index is 854. The molecule has 0 unspecified atom stereocenters. The van der Waals surface area contributed by atoms with Crippen molar-refractivity contribution in [2.24, 2.45) is 0 Å². The monoisotopic (exact) mass is 385 g/mol. The maximum atomic E-state index is 13.9. The van der Waals surface area contributed by atoms with Gasteiger partial charge in [-0.25, -0.2) is 4.90 Å². The van der Waals surface area contributed by atoms with Gasteiger partial charge in [0.25, 0.3) is 5.91 Å². The van der Waals surface area contributed by atoms with Crippen LogP contribution in [0.25, 0.3) is 0 Å². The lowest BCUT2D eigenvalue weighted by Crippen LogP contribution is -2.44. The maximum absolute atomic E-state index is 13.9. The number of rotatable bonds is 2. The first-order valence-electron chi connectivity index (χ1n) is 8.20. The topological polar surface area (TPSA) is 49.0 Å². The standard InChI is InChI=1S/C18H19ClF3N3O/c1-9-8-17(3,4)11-6-5-7-12(13(9)11)25(18(20,21)22)16(26)14-10(2)23-24-15(14)19/h5-7,9H,8H2,1-4H3,(H,23,24)/t9-/m0/s1. The number of nitrogens with zero attached hydrogens (tertiary/aromatic N) is 2. The number of H-pyrrole nitrogens is 1. The minimum Gasteiger partial charge on any atom is -0.281 e. The van der Waals surface area contributed by atoms with E-state index in [9.17, 15) is 18.0 Å². The number of aromatic amines is 1. The zero-order valence-corrected chi connectivity index (χ0v) is 15.6. The summed E-state index contributed by atoms with van der Waals surface area (Å²) in [5.74, 6) is -1.34. The number of aromatic nitrogens is 2. The first kappa shape index (κ1) is 18.8. The highest BCUT2D eigenvalue weighted by molar-refractivity contribution is 6.33. The van der Waals surface area contributed by atoms with E-state index in [1.165, 1.54) is 13.0 Å². The Morgan fingerprint density at radius 1 is 1.38 bits per heavy atom. The van der Waals surface area contributed by atoms with Gasteiger partial charge in [-0.1, -0.05) is 44.5 Å². The molecule has 2 aromatic rings. The van der Waals surface area contributed by atoms with Gasteiger partial charge >= 0.3 is 6.30 Å². The predicted octanol–water partition coefficient (Wildman–Crippen LogP) is 5.32. The number of halogens is 4. The Balaban J connectivity index is 2.22. The second kappa shape index (κ2) is 6.01. The third-order valence-corrected chi connectivity index (χ3v) is 5.21. The lowest BCUT2D eigenvalue weighted by Gasteiger charge is -2.28. The molecule has 0 aliphatic heterocycles. The van der Waals surface area contributed by atoms with Crippen LogP contribution >= 0.6 is 11.6 Å². The van der Waals surface area contributed by atoms with Crippen LogP contribution in [0.4, 0.5) is 18.9 Å². The van der Waals surface area contributed by atoms with Crippen LogP contribution in [0.15, 0.2) is 18.2 Å². The Morgan fingerprint density at radius 2 is 2.04 bits per heavy atom. The quantitative estimate of drug-likeness (QED) is 0.711. The Morgan fingerprint density at radius 3 is 2.58 bits per heavy atom. The average molecular weight is 386 g/mol. The van der Waals surface area contributed by atoms with Gasteiger partial charge in [-0.15, -0.1) is 13.2 Å². The van der Waals surface area contributed by atoms with Crippen molar-refractivity contribution in [3.63, 3.8) is 0 Å². The Hall–Kier alpha value is -2.02. The van der Waals surface area contributed by atoms with E-state index < -0.39 is 12.2 Å². The van der Waals surface area contributed by atoms with E-state index in [1.807, 2.05) is 26.8 Å². The number of amides is 1.